The normalized spacial score (nSPS) is 30.2. The van der Waals surface area contributed by atoms with Crippen LogP contribution in [0.3, 0.4) is 0 Å². The summed E-state index contributed by atoms with van der Waals surface area (Å²) in [7, 11) is 8.04. The molecule has 2 amide bonds. The number of likely N-dealkylation sites (tertiary alicyclic amines) is 2. The second-order valence-corrected chi connectivity index (χ2v) is 18.0. The molecule has 3 saturated carbocycles. The van der Waals surface area contributed by atoms with E-state index in [0.717, 1.165) is 68.2 Å². The van der Waals surface area contributed by atoms with Crippen LogP contribution in [0.2, 0.25) is 0 Å². The molecule has 3 aliphatic heterocycles. The third kappa shape index (κ3) is 6.60. The summed E-state index contributed by atoms with van der Waals surface area (Å²) in [5.41, 5.74) is 4.17. The highest BCUT2D eigenvalue weighted by Crippen LogP contribution is 2.59. The van der Waals surface area contributed by atoms with Crippen molar-refractivity contribution in [2.45, 2.75) is 128 Å². The zero-order chi connectivity index (χ0) is 36.9. The monoisotopic (exact) mass is 713 g/mol. The molecule has 52 heavy (non-hydrogen) atoms. The summed E-state index contributed by atoms with van der Waals surface area (Å²) >= 11 is 0. The Morgan fingerprint density at radius 3 is 1.87 bits per heavy atom. The second kappa shape index (κ2) is 14.5. The third-order valence-corrected chi connectivity index (χ3v) is 13.8. The Bertz CT molecular complexity index is 1590. The van der Waals surface area contributed by atoms with E-state index >= 15 is 0 Å². The minimum Gasteiger partial charge on any atom is -0.367 e. The molecule has 10 heteroatoms. The van der Waals surface area contributed by atoms with Crippen LogP contribution in [0.25, 0.3) is 11.3 Å². The number of aliphatic imine (C=N–C) groups is 1. The van der Waals surface area contributed by atoms with E-state index < -0.39 is 0 Å². The first-order valence-corrected chi connectivity index (χ1v) is 20.2. The number of H-pyrrole nitrogens is 1. The molecular weight excluding hydrogens is 649 g/mol. The van der Waals surface area contributed by atoms with Crippen LogP contribution < -0.4 is 5.32 Å². The molecule has 6 aliphatic rings. The maximum Gasteiger partial charge on any atom is 0.240 e. The molecule has 2 aromatic rings. The number of amides is 2. The Kier molecular flexibility index (Phi) is 10.4. The molecule has 5 fully saturated rings. The molecule has 4 heterocycles. The van der Waals surface area contributed by atoms with Crippen molar-refractivity contribution in [1.29, 1.82) is 0 Å². The summed E-state index contributed by atoms with van der Waals surface area (Å²) in [5, 5.41) is 3.93. The highest BCUT2D eigenvalue weighted by atomic mass is 16.2. The zero-order valence-electron chi connectivity index (χ0n) is 33.1. The molecule has 2 bridgehead atoms. The molecule has 284 valence electrons. The molecule has 0 spiro atoms. The van der Waals surface area contributed by atoms with Crippen molar-refractivity contribution >= 4 is 17.6 Å². The maximum absolute atomic E-state index is 13.7. The first-order valence-electron chi connectivity index (χ1n) is 20.2. The number of imidazole rings is 1. The fourth-order valence-electron chi connectivity index (χ4n) is 11.0. The van der Waals surface area contributed by atoms with Gasteiger partial charge in [-0.1, -0.05) is 52.0 Å². The van der Waals surface area contributed by atoms with Crippen LogP contribution in [0.4, 0.5) is 0 Å². The molecule has 5 atom stereocenters. The Hall–Kier alpha value is -3.24. The van der Waals surface area contributed by atoms with E-state index in [9.17, 15) is 9.59 Å². The van der Waals surface area contributed by atoms with Gasteiger partial charge in [0.1, 0.15) is 11.7 Å². The number of hydrogen-bond donors (Lipinski definition) is 2. The molecule has 1 aromatic heterocycles. The van der Waals surface area contributed by atoms with Crippen LogP contribution in [0.1, 0.15) is 109 Å². The van der Waals surface area contributed by atoms with E-state index in [1.165, 1.54) is 44.1 Å². The number of aromatic nitrogens is 2. The van der Waals surface area contributed by atoms with Crippen molar-refractivity contribution < 1.29 is 9.59 Å². The lowest BCUT2D eigenvalue weighted by Crippen LogP contribution is -2.57. The molecule has 1 aromatic carbocycles. The fraction of sp³-hybridized carbons (Fsp3) is 0.714. The van der Waals surface area contributed by atoms with Crippen molar-refractivity contribution in [1.82, 2.24) is 34.9 Å². The standard InChI is InChI=1S/C42H64N8O2/c1-27(2)35(47(5)6)39(51)49-23-9-11-32(49)37-43-25-31(45-37)29-13-15-30(16-14-29)41-17-20-42(21-18-41,22-19-41)34-26-44-38(46-34)33-12-10-24-50(33)40(52)36(28(3)4)48(7)8/h13-16,25,27-28,32-36H,9-12,17-24,26H2,1-8H3,(H,43,45)(H,44,46)/t32-,33-,34?,35+,36+,41?,42?/m0/s1. The van der Waals surface area contributed by atoms with Crippen molar-refractivity contribution in [2.75, 3.05) is 47.8 Å². The number of amidine groups is 1. The van der Waals surface area contributed by atoms with Gasteiger partial charge in [0.2, 0.25) is 11.8 Å². The minimum absolute atomic E-state index is 0.00101. The Labute approximate surface area is 312 Å². The van der Waals surface area contributed by atoms with E-state index in [-0.39, 0.29) is 58.6 Å². The minimum atomic E-state index is -0.127. The number of fused-ring (bicyclic) bond motifs is 3. The van der Waals surface area contributed by atoms with Gasteiger partial charge in [-0.15, -0.1) is 0 Å². The molecule has 1 unspecified atom stereocenters. The molecule has 8 rings (SSSR count). The van der Waals surface area contributed by atoms with Crippen LogP contribution >= 0.6 is 0 Å². The van der Waals surface area contributed by atoms with Gasteiger partial charge in [-0.2, -0.15) is 0 Å². The quantitative estimate of drug-likeness (QED) is 0.303. The number of nitrogens with one attached hydrogen (secondary N) is 2. The summed E-state index contributed by atoms with van der Waals surface area (Å²) in [6.45, 7) is 11.0. The highest BCUT2D eigenvalue weighted by Gasteiger charge is 2.54. The van der Waals surface area contributed by atoms with Gasteiger partial charge in [0.05, 0.1) is 48.6 Å². The number of likely N-dealkylation sites (N-methyl/N-ethyl adjacent to an activating group) is 2. The summed E-state index contributed by atoms with van der Waals surface area (Å²) < 4.78 is 0. The van der Waals surface area contributed by atoms with E-state index in [1.807, 2.05) is 34.4 Å². The number of hydrogen-bond acceptors (Lipinski definition) is 7. The first kappa shape index (κ1) is 37.1. The largest absolute Gasteiger partial charge is 0.367 e. The van der Waals surface area contributed by atoms with Gasteiger partial charge < -0.3 is 20.1 Å². The average Bonchev–Trinajstić information content (AvgIpc) is 3.95. The van der Waals surface area contributed by atoms with E-state index in [4.69, 9.17) is 9.98 Å². The predicted octanol–water partition coefficient (Wildman–Crippen LogP) is 5.87. The van der Waals surface area contributed by atoms with Gasteiger partial charge in [-0.05, 0) is 126 Å². The first-order chi connectivity index (χ1) is 24.8. The predicted molar refractivity (Wildman–Crippen MR) is 208 cm³/mol. The van der Waals surface area contributed by atoms with Gasteiger partial charge in [-0.25, -0.2) is 4.98 Å². The van der Waals surface area contributed by atoms with Gasteiger partial charge in [0.15, 0.2) is 0 Å². The summed E-state index contributed by atoms with van der Waals surface area (Å²) in [4.78, 5) is 49.2. The van der Waals surface area contributed by atoms with E-state index in [0.29, 0.717) is 6.04 Å². The highest BCUT2D eigenvalue weighted by molar-refractivity contribution is 5.94. The van der Waals surface area contributed by atoms with Crippen LogP contribution in [-0.2, 0) is 15.0 Å². The Morgan fingerprint density at radius 2 is 1.33 bits per heavy atom. The lowest BCUT2D eigenvalue weighted by atomic mass is 9.50. The third-order valence-electron chi connectivity index (χ3n) is 13.8. The van der Waals surface area contributed by atoms with Crippen molar-refractivity contribution in [3.63, 3.8) is 0 Å². The molecular formula is C42H64N8O2. The summed E-state index contributed by atoms with van der Waals surface area (Å²) in [6.07, 6.45) is 13.3. The number of carbonyl (C=O) groups is 2. The number of rotatable bonds is 11. The number of benzene rings is 1. The van der Waals surface area contributed by atoms with Crippen LogP contribution in [0, 0.1) is 17.3 Å². The number of nitrogens with zero attached hydrogens (tertiary/aromatic N) is 6. The lowest BCUT2D eigenvalue weighted by molar-refractivity contribution is -0.139. The van der Waals surface area contributed by atoms with Gasteiger partial charge in [0.25, 0.3) is 0 Å². The van der Waals surface area contributed by atoms with Crippen molar-refractivity contribution in [3.05, 3.63) is 41.9 Å². The molecule has 2 saturated heterocycles. The smallest absolute Gasteiger partial charge is 0.240 e. The molecule has 3 aliphatic carbocycles. The van der Waals surface area contributed by atoms with Crippen molar-refractivity contribution in [2.24, 2.45) is 22.2 Å². The van der Waals surface area contributed by atoms with Crippen LogP contribution in [0.5, 0.6) is 0 Å². The molecule has 2 N–H and O–H groups in total. The van der Waals surface area contributed by atoms with Crippen LogP contribution in [0.15, 0.2) is 35.5 Å². The number of carbonyl (C=O) groups excluding carboxylic acids is 2. The van der Waals surface area contributed by atoms with Crippen molar-refractivity contribution in [3.8, 4) is 11.3 Å². The Morgan fingerprint density at radius 1 is 0.788 bits per heavy atom. The Balaban J connectivity index is 0.973. The molecule has 0 radical (unpaired) electrons. The van der Waals surface area contributed by atoms with E-state index in [1.54, 1.807) is 0 Å². The second-order valence-electron chi connectivity index (χ2n) is 18.0. The summed E-state index contributed by atoms with van der Waals surface area (Å²) in [5.74, 6) is 2.93. The zero-order valence-corrected chi connectivity index (χ0v) is 33.1. The maximum atomic E-state index is 13.7. The van der Waals surface area contributed by atoms with Crippen LogP contribution in [-0.4, -0.2) is 119 Å². The topological polar surface area (TPSA) is 100 Å². The van der Waals surface area contributed by atoms with E-state index in [2.05, 4.69) is 81.9 Å². The SMILES string of the molecule is CC(C)[C@H](C(=O)N1CCC[C@H]1C1=NCC(C23CCC(c4ccc(-c5cnc([C@@H]6CCCN6C(=O)[C@@H](C(C)C)N(C)C)[nH]5)cc4)(CC2)CC3)N1)N(C)C. The molecule has 10 nitrogen and oxygen atoms in total. The fourth-order valence-corrected chi connectivity index (χ4v) is 11.0. The van der Waals surface area contributed by atoms with Gasteiger partial charge in [-0.3, -0.25) is 24.4 Å². The van der Waals surface area contributed by atoms with Gasteiger partial charge in [0, 0.05) is 13.1 Å². The average molecular weight is 713 g/mol. The van der Waals surface area contributed by atoms with Gasteiger partial charge >= 0.3 is 0 Å². The number of aromatic amines is 1. The summed E-state index contributed by atoms with van der Waals surface area (Å²) in [6, 6.07) is 9.50. The lowest BCUT2D eigenvalue weighted by Gasteiger charge is -2.56.